The van der Waals surface area contributed by atoms with Gasteiger partial charge in [-0.1, -0.05) is 6.07 Å². The largest absolute Gasteiger partial charge is 0.480 e. The van der Waals surface area contributed by atoms with Crippen LogP contribution in [0.1, 0.15) is 12.0 Å². The molecule has 1 aromatic heterocycles. The maximum atomic E-state index is 10.8. The quantitative estimate of drug-likeness (QED) is 0.791. The fourth-order valence-corrected chi connectivity index (χ4v) is 2.96. The molecule has 20 heavy (non-hydrogen) atoms. The first-order valence-corrected chi connectivity index (χ1v) is 7.15. The van der Waals surface area contributed by atoms with Crippen LogP contribution >= 0.6 is 15.9 Å². The zero-order valence-electron chi connectivity index (χ0n) is 10.8. The third-order valence-electron chi connectivity index (χ3n) is 3.84. The molecule has 108 valence electrons. The molecule has 1 unspecified atom stereocenters. The Kier molecular flexibility index (Phi) is 3.53. The normalized spacial score (nSPS) is 27.4. The number of carboxylic acids is 1. The minimum atomic E-state index is -0.984. The lowest BCUT2D eigenvalue weighted by atomic mass is 9.83. The van der Waals surface area contributed by atoms with E-state index in [4.69, 9.17) is 14.6 Å². The van der Waals surface area contributed by atoms with Crippen LogP contribution in [-0.4, -0.2) is 48.0 Å². The van der Waals surface area contributed by atoms with E-state index >= 15 is 0 Å². The molecule has 0 saturated carbocycles. The molecule has 0 aliphatic carbocycles. The highest BCUT2D eigenvalue weighted by Gasteiger charge is 2.54. The van der Waals surface area contributed by atoms with Crippen molar-refractivity contribution in [1.82, 2.24) is 10.3 Å². The van der Waals surface area contributed by atoms with Crippen LogP contribution in [0.25, 0.3) is 0 Å². The fraction of sp³-hybridized carbons (Fsp3) is 0.538. The van der Waals surface area contributed by atoms with Gasteiger partial charge in [0.2, 0.25) is 0 Å². The van der Waals surface area contributed by atoms with Gasteiger partial charge in [0.25, 0.3) is 0 Å². The van der Waals surface area contributed by atoms with Gasteiger partial charge < -0.3 is 19.9 Å². The van der Waals surface area contributed by atoms with Gasteiger partial charge in [0, 0.05) is 31.3 Å². The second-order valence-electron chi connectivity index (χ2n) is 5.30. The molecule has 0 amide bonds. The fourth-order valence-electron chi connectivity index (χ4n) is 2.73. The number of rotatable bonds is 4. The number of hydrogen-bond acceptors (Lipinski definition) is 5. The summed E-state index contributed by atoms with van der Waals surface area (Å²) in [5.74, 6) is -0.984. The molecule has 0 bridgehead atoms. The zero-order valence-corrected chi connectivity index (χ0v) is 12.4. The van der Waals surface area contributed by atoms with Crippen LogP contribution in [0.5, 0.6) is 0 Å². The molecule has 3 rings (SSSR count). The summed E-state index contributed by atoms with van der Waals surface area (Å²) in [6.45, 7) is 1.55. The van der Waals surface area contributed by atoms with Crippen molar-refractivity contribution in [1.29, 1.82) is 0 Å². The number of nitrogens with one attached hydrogen (secondary N) is 1. The molecule has 2 saturated heterocycles. The van der Waals surface area contributed by atoms with Crippen molar-refractivity contribution >= 4 is 21.9 Å². The van der Waals surface area contributed by atoms with E-state index in [0.29, 0.717) is 13.0 Å². The molecule has 0 aromatic carbocycles. The zero-order chi connectivity index (χ0) is 14.2. The van der Waals surface area contributed by atoms with Gasteiger partial charge in [-0.05, 0) is 22.0 Å². The summed E-state index contributed by atoms with van der Waals surface area (Å²) >= 11 is 3.29. The molecule has 1 aromatic rings. The predicted molar refractivity (Wildman–Crippen MR) is 73.4 cm³/mol. The minimum Gasteiger partial charge on any atom is -0.480 e. The summed E-state index contributed by atoms with van der Waals surface area (Å²) in [6, 6.07) is 3.72. The van der Waals surface area contributed by atoms with Crippen molar-refractivity contribution in [3.63, 3.8) is 0 Å². The SMILES string of the molecule is O=C(O)COC1(c2ccc(Br)nc2)COC2(CNC2)C1. The number of pyridine rings is 1. The van der Waals surface area contributed by atoms with E-state index in [9.17, 15) is 4.79 Å². The van der Waals surface area contributed by atoms with Gasteiger partial charge in [0.15, 0.2) is 0 Å². The molecule has 1 atom stereocenters. The van der Waals surface area contributed by atoms with Crippen LogP contribution in [0, 0.1) is 0 Å². The Morgan fingerprint density at radius 2 is 2.35 bits per heavy atom. The van der Waals surface area contributed by atoms with Gasteiger partial charge in [-0.3, -0.25) is 0 Å². The summed E-state index contributed by atoms with van der Waals surface area (Å²) in [5.41, 5.74) is -0.106. The van der Waals surface area contributed by atoms with Gasteiger partial charge >= 0.3 is 5.97 Å². The van der Waals surface area contributed by atoms with E-state index in [2.05, 4.69) is 26.2 Å². The number of carbonyl (C=O) groups is 1. The van der Waals surface area contributed by atoms with Crippen LogP contribution in [-0.2, 0) is 19.9 Å². The molecule has 1 spiro atoms. The van der Waals surface area contributed by atoms with Gasteiger partial charge in [-0.25, -0.2) is 9.78 Å². The van der Waals surface area contributed by atoms with E-state index in [1.165, 1.54) is 0 Å². The third-order valence-corrected chi connectivity index (χ3v) is 4.31. The highest BCUT2D eigenvalue weighted by Crippen LogP contribution is 2.44. The van der Waals surface area contributed by atoms with Crippen molar-refractivity contribution in [2.45, 2.75) is 17.6 Å². The molecule has 7 heteroatoms. The molecule has 0 radical (unpaired) electrons. The van der Waals surface area contributed by atoms with Crippen molar-refractivity contribution < 1.29 is 19.4 Å². The predicted octanol–water partition coefficient (Wildman–Crippen LogP) is 0.903. The highest BCUT2D eigenvalue weighted by atomic mass is 79.9. The van der Waals surface area contributed by atoms with E-state index in [1.807, 2.05) is 12.1 Å². The number of aliphatic carboxylic acids is 1. The van der Waals surface area contributed by atoms with Crippen molar-refractivity contribution in [2.24, 2.45) is 0 Å². The molecule has 2 aliphatic heterocycles. The van der Waals surface area contributed by atoms with Crippen molar-refractivity contribution in [2.75, 3.05) is 26.3 Å². The van der Waals surface area contributed by atoms with Crippen LogP contribution in [0.3, 0.4) is 0 Å². The monoisotopic (exact) mass is 342 g/mol. The number of nitrogens with zero attached hydrogens (tertiary/aromatic N) is 1. The number of hydrogen-bond donors (Lipinski definition) is 2. The van der Waals surface area contributed by atoms with Gasteiger partial charge in [-0.2, -0.15) is 0 Å². The summed E-state index contributed by atoms with van der Waals surface area (Å²) < 4.78 is 12.3. The van der Waals surface area contributed by atoms with E-state index in [-0.39, 0.29) is 12.2 Å². The number of ether oxygens (including phenoxy) is 2. The summed E-state index contributed by atoms with van der Waals surface area (Å²) in [5, 5.41) is 12.1. The summed E-state index contributed by atoms with van der Waals surface area (Å²) in [4.78, 5) is 15.0. The minimum absolute atomic E-state index is 0.231. The third kappa shape index (κ3) is 2.46. The molecule has 6 nitrogen and oxygen atoms in total. The van der Waals surface area contributed by atoms with Crippen LogP contribution in [0.2, 0.25) is 0 Å². The standard InChI is InChI=1S/C13H15BrN2O4/c14-10-2-1-9(3-16-10)13(19-4-11(17)18)5-12(20-8-13)6-15-7-12/h1-3,15H,4-8H2,(H,17,18). The Labute approximate surface area is 124 Å². The maximum absolute atomic E-state index is 10.8. The number of carboxylic acid groups (broad SMARTS) is 1. The van der Waals surface area contributed by atoms with Gasteiger partial charge in [-0.15, -0.1) is 0 Å². The second-order valence-corrected chi connectivity index (χ2v) is 6.11. The van der Waals surface area contributed by atoms with Crippen molar-refractivity contribution in [3.8, 4) is 0 Å². The molecule has 2 fully saturated rings. The smallest absolute Gasteiger partial charge is 0.329 e. The Morgan fingerprint density at radius 3 is 2.85 bits per heavy atom. The lowest BCUT2D eigenvalue weighted by molar-refractivity contribution is -0.150. The molecule has 2 aliphatic rings. The Morgan fingerprint density at radius 1 is 1.55 bits per heavy atom. The lowest BCUT2D eigenvalue weighted by Gasteiger charge is -2.39. The summed E-state index contributed by atoms with van der Waals surface area (Å²) in [7, 11) is 0. The van der Waals surface area contributed by atoms with E-state index < -0.39 is 11.6 Å². The van der Waals surface area contributed by atoms with Gasteiger partial charge in [0.1, 0.15) is 16.8 Å². The van der Waals surface area contributed by atoms with Crippen LogP contribution in [0.4, 0.5) is 0 Å². The van der Waals surface area contributed by atoms with E-state index in [0.717, 1.165) is 23.3 Å². The Bertz CT molecular complexity index is 518. The highest BCUT2D eigenvalue weighted by molar-refractivity contribution is 9.10. The molecule has 2 N–H and O–H groups in total. The number of aromatic nitrogens is 1. The Balaban J connectivity index is 1.87. The molecule has 3 heterocycles. The average molecular weight is 343 g/mol. The molecular formula is C13H15BrN2O4. The first-order chi connectivity index (χ1) is 9.54. The van der Waals surface area contributed by atoms with Crippen molar-refractivity contribution in [3.05, 3.63) is 28.5 Å². The Hall–Kier alpha value is -1.02. The first kappa shape index (κ1) is 13.9. The first-order valence-electron chi connectivity index (χ1n) is 6.36. The maximum Gasteiger partial charge on any atom is 0.329 e. The lowest BCUT2D eigenvalue weighted by Crippen LogP contribution is -2.59. The van der Waals surface area contributed by atoms with Gasteiger partial charge in [0.05, 0.1) is 12.2 Å². The van der Waals surface area contributed by atoms with Crippen LogP contribution < -0.4 is 5.32 Å². The average Bonchev–Trinajstić information content (AvgIpc) is 2.79. The molecular weight excluding hydrogens is 328 g/mol. The number of halogens is 1. The van der Waals surface area contributed by atoms with Crippen LogP contribution in [0.15, 0.2) is 22.9 Å². The summed E-state index contributed by atoms with van der Waals surface area (Å²) in [6.07, 6.45) is 2.35. The second kappa shape index (κ2) is 5.07. The topological polar surface area (TPSA) is 80.7 Å². The van der Waals surface area contributed by atoms with E-state index in [1.54, 1.807) is 6.20 Å².